The standard InChI is InChI=1S/C16H15ClN6O2/c1-24-14-9-13(17)20-16(21-14)23-7-2-4-11(23)12-8-10(22-25-12)15-18-5-3-6-19-15/h3,5-6,8-9,11H,2,4,7H2,1H3/t11-/m0/s1. The Labute approximate surface area is 148 Å². The molecule has 0 N–H and O–H groups in total. The van der Waals surface area contributed by atoms with Crippen molar-refractivity contribution in [1.82, 2.24) is 25.1 Å². The van der Waals surface area contributed by atoms with Gasteiger partial charge < -0.3 is 14.2 Å². The summed E-state index contributed by atoms with van der Waals surface area (Å²) in [4.78, 5) is 19.1. The molecule has 8 nitrogen and oxygen atoms in total. The van der Waals surface area contributed by atoms with Gasteiger partial charge in [0.15, 0.2) is 17.3 Å². The van der Waals surface area contributed by atoms with Crippen LogP contribution in [0.5, 0.6) is 5.88 Å². The van der Waals surface area contributed by atoms with Gasteiger partial charge in [-0.25, -0.2) is 15.0 Å². The Morgan fingerprint density at radius 1 is 1.24 bits per heavy atom. The molecule has 4 heterocycles. The van der Waals surface area contributed by atoms with E-state index in [1.807, 2.05) is 11.0 Å². The lowest BCUT2D eigenvalue weighted by molar-refractivity contribution is 0.361. The second kappa shape index (κ2) is 6.64. The Bertz CT molecular complexity index is 872. The molecule has 0 aliphatic carbocycles. The van der Waals surface area contributed by atoms with E-state index in [-0.39, 0.29) is 6.04 Å². The molecule has 1 aliphatic rings. The van der Waals surface area contributed by atoms with Gasteiger partial charge in [0.25, 0.3) is 0 Å². The first-order valence-electron chi connectivity index (χ1n) is 7.84. The van der Waals surface area contributed by atoms with Crippen molar-refractivity contribution >= 4 is 17.5 Å². The van der Waals surface area contributed by atoms with Crippen LogP contribution in [-0.4, -0.2) is 38.7 Å². The smallest absolute Gasteiger partial charge is 0.230 e. The number of nitrogens with zero attached hydrogens (tertiary/aromatic N) is 6. The number of hydrogen-bond acceptors (Lipinski definition) is 8. The number of halogens is 1. The molecular formula is C16H15ClN6O2. The van der Waals surface area contributed by atoms with Crippen LogP contribution in [0.25, 0.3) is 11.5 Å². The lowest BCUT2D eigenvalue weighted by atomic mass is 10.1. The van der Waals surface area contributed by atoms with Crippen molar-refractivity contribution in [2.75, 3.05) is 18.6 Å². The molecule has 4 rings (SSSR count). The van der Waals surface area contributed by atoms with Crippen molar-refractivity contribution in [3.63, 3.8) is 0 Å². The summed E-state index contributed by atoms with van der Waals surface area (Å²) in [5.74, 6) is 2.20. The highest BCUT2D eigenvalue weighted by molar-refractivity contribution is 6.29. The number of anilines is 1. The zero-order chi connectivity index (χ0) is 17.2. The molecule has 1 saturated heterocycles. The summed E-state index contributed by atoms with van der Waals surface area (Å²) in [5.41, 5.74) is 0.604. The topological polar surface area (TPSA) is 90.1 Å². The SMILES string of the molecule is COc1cc(Cl)nc(N2CCC[C@H]2c2cc(-c3ncccn3)no2)n1. The Balaban J connectivity index is 1.64. The minimum Gasteiger partial charge on any atom is -0.481 e. The zero-order valence-corrected chi connectivity index (χ0v) is 14.2. The molecule has 3 aromatic heterocycles. The second-order valence-electron chi connectivity index (χ2n) is 5.57. The molecule has 9 heteroatoms. The predicted molar refractivity (Wildman–Crippen MR) is 90.4 cm³/mol. The van der Waals surface area contributed by atoms with E-state index < -0.39 is 0 Å². The highest BCUT2D eigenvalue weighted by atomic mass is 35.5. The van der Waals surface area contributed by atoms with Crippen LogP contribution in [0, 0.1) is 0 Å². The Morgan fingerprint density at radius 3 is 2.88 bits per heavy atom. The molecule has 1 fully saturated rings. The van der Waals surface area contributed by atoms with Crippen molar-refractivity contribution in [3.05, 3.63) is 41.5 Å². The number of hydrogen-bond donors (Lipinski definition) is 0. The second-order valence-corrected chi connectivity index (χ2v) is 5.96. The number of rotatable bonds is 4. The van der Waals surface area contributed by atoms with Crippen LogP contribution in [0.15, 0.2) is 35.1 Å². The minimum atomic E-state index is -0.0202. The molecule has 25 heavy (non-hydrogen) atoms. The maximum Gasteiger partial charge on any atom is 0.230 e. The van der Waals surface area contributed by atoms with E-state index in [9.17, 15) is 0 Å². The molecule has 128 valence electrons. The van der Waals surface area contributed by atoms with Crippen LogP contribution in [0.1, 0.15) is 24.6 Å². The molecule has 0 unspecified atom stereocenters. The molecule has 0 aromatic carbocycles. The van der Waals surface area contributed by atoms with E-state index in [0.29, 0.717) is 28.5 Å². The van der Waals surface area contributed by atoms with Crippen LogP contribution in [0.2, 0.25) is 5.15 Å². The third-order valence-corrected chi connectivity index (χ3v) is 4.22. The van der Waals surface area contributed by atoms with Crippen molar-refractivity contribution < 1.29 is 9.26 Å². The first kappa shape index (κ1) is 15.8. The molecule has 0 radical (unpaired) electrons. The molecule has 1 atom stereocenters. The van der Waals surface area contributed by atoms with Crippen LogP contribution >= 0.6 is 11.6 Å². The summed E-state index contributed by atoms with van der Waals surface area (Å²) >= 11 is 6.07. The molecule has 3 aromatic rings. The van der Waals surface area contributed by atoms with E-state index in [0.717, 1.165) is 25.1 Å². The number of ether oxygens (including phenoxy) is 1. The minimum absolute atomic E-state index is 0.0202. The average Bonchev–Trinajstić information content (AvgIpc) is 3.31. The van der Waals surface area contributed by atoms with Gasteiger partial charge in [0.2, 0.25) is 11.8 Å². The predicted octanol–water partition coefficient (Wildman–Crippen LogP) is 2.93. The van der Waals surface area contributed by atoms with Crippen LogP contribution in [0.4, 0.5) is 5.95 Å². The Hall–Kier alpha value is -2.74. The molecule has 0 spiro atoms. The van der Waals surface area contributed by atoms with E-state index >= 15 is 0 Å². The van der Waals surface area contributed by atoms with Crippen molar-refractivity contribution in [2.24, 2.45) is 0 Å². The molecular weight excluding hydrogens is 344 g/mol. The van der Waals surface area contributed by atoms with Gasteiger partial charge in [-0.3, -0.25) is 0 Å². The first-order chi connectivity index (χ1) is 12.2. The summed E-state index contributed by atoms with van der Waals surface area (Å²) in [5, 5.41) is 4.43. The lowest BCUT2D eigenvalue weighted by Gasteiger charge is -2.22. The van der Waals surface area contributed by atoms with E-state index in [4.69, 9.17) is 20.9 Å². The third-order valence-electron chi connectivity index (χ3n) is 4.03. The summed E-state index contributed by atoms with van der Waals surface area (Å²) in [6.07, 6.45) is 5.23. The summed E-state index contributed by atoms with van der Waals surface area (Å²) in [7, 11) is 1.55. The fraction of sp³-hybridized carbons (Fsp3) is 0.312. The van der Waals surface area contributed by atoms with E-state index in [2.05, 4.69) is 25.1 Å². The summed E-state index contributed by atoms with van der Waals surface area (Å²) in [6.45, 7) is 0.798. The fourth-order valence-corrected chi connectivity index (χ4v) is 3.07. The van der Waals surface area contributed by atoms with E-state index in [1.54, 1.807) is 31.6 Å². The molecule has 0 amide bonds. The van der Waals surface area contributed by atoms with E-state index in [1.165, 1.54) is 0 Å². The monoisotopic (exact) mass is 358 g/mol. The molecule has 0 bridgehead atoms. The Kier molecular flexibility index (Phi) is 4.19. The molecule has 0 saturated carbocycles. The zero-order valence-electron chi connectivity index (χ0n) is 13.5. The first-order valence-corrected chi connectivity index (χ1v) is 8.21. The van der Waals surface area contributed by atoms with Crippen molar-refractivity contribution in [3.8, 4) is 17.4 Å². The van der Waals surface area contributed by atoms with Crippen molar-refractivity contribution in [1.29, 1.82) is 0 Å². The maximum absolute atomic E-state index is 6.07. The highest BCUT2D eigenvalue weighted by Gasteiger charge is 2.32. The summed E-state index contributed by atoms with van der Waals surface area (Å²) in [6, 6.07) is 5.18. The largest absolute Gasteiger partial charge is 0.481 e. The fourth-order valence-electron chi connectivity index (χ4n) is 2.90. The Morgan fingerprint density at radius 2 is 2.08 bits per heavy atom. The highest BCUT2D eigenvalue weighted by Crippen LogP contribution is 2.36. The number of aromatic nitrogens is 5. The average molecular weight is 359 g/mol. The van der Waals surface area contributed by atoms with Gasteiger partial charge in [-0.05, 0) is 18.9 Å². The number of methoxy groups -OCH3 is 1. The quantitative estimate of drug-likeness (QED) is 0.657. The third kappa shape index (κ3) is 3.12. The van der Waals surface area contributed by atoms with Crippen LogP contribution in [-0.2, 0) is 0 Å². The molecule has 1 aliphatic heterocycles. The van der Waals surface area contributed by atoms with Crippen LogP contribution < -0.4 is 9.64 Å². The normalized spacial score (nSPS) is 17.0. The van der Waals surface area contributed by atoms with Crippen LogP contribution in [0.3, 0.4) is 0 Å². The van der Waals surface area contributed by atoms with Gasteiger partial charge in [0, 0.05) is 31.1 Å². The van der Waals surface area contributed by atoms with Gasteiger partial charge >= 0.3 is 0 Å². The van der Waals surface area contributed by atoms with Gasteiger partial charge in [-0.15, -0.1) is 0 Å². The van der Waals surface area contributed by atoms with Gasteiger partial charge in [0.1, 0.15) is 5.15 Å². The van der Waals surface area contributed by atoms with Gasteiger partial charge in [-0.2, -0.15) is 4.98 Å². The van der Waals surface area contributed by atoms with Gasteiger partial charge in [0.05, 0.1) is 13.2 Å². The maximum atomic E-state index is 6.07. The van der Waals surface area contributed by atoms with Gasteiger partial charge in [-0.1, -0.05) is 16.8 Å². The summed E-state index contributed by atoms with van der Waals surface area (Å²) < 4.78 is 10.7. The van der Waals surface area contributed by atoms with Crippen molar-refractivity contribution in [2.45, 2.75) is 18.9 Å². The lowest BCUT2D eigenvalue weighted by Crippen LogP contribution is -2.24.